The van der Waals surface area contributed by atoms with Gasteiger partial charge >= 0.3 is 0 Å². The van der Waals surface area contributed by atoms with Crippen molar-refractivity contribution in [3.05, 3.63) is 53.6 Å². The molecule has 0 saturated carbocycles. The van der Waals surface area contributed by atoms with E-state index in [4.69, 9.17) is 16.3 Å². The number of nitrogens with zero attached hydrogens (tertiary/aromatic N) is 1. The summed E-state index contributed by atoms with van der Waals surface area (Å²) in [7, 11) is 0. The number of thioether (sulfide) groups is 1. The van der Waals surface area contributed by atoms with Crippen molar-refractivity contribution in [2.45, 2.75) is 30.7 Å². The van der Waals surface area contributed by atoms with Gasteiger partial charge in [-0.25, -0.2) is 0 Å². The summed E-state index contributed by atoms with van der Waals surface area (Å²) in [6, 6.07) is 13.9. The summed E-state index contributed by atoms with van der Waals surface area (Å²) in [4.78, 5) is 26.7. The molecule has 1 N–H and O–H groups in total. The molecule has 0 radical (unpaired) electrons. The van der Waals surface area contributed by atoms with Gasteiger partial charge in [0.1, 0.15) is 11.8 Å². The van der Waals surface area contributed by atoms with E-state index in [2.05, 4.69) is 5.32 Å². The molecule has 2 amide bonds. The quantitative estimate of drug-likeness (QED) is 0.816. The number of fused-ring (bicyclic) bond motifs is 1. The van der Waals surface area contributed by atoms with Crippen LogP contribution < -0.4 is 10.1 Å². The van der Waals surface area contributed by atoms with Crippen LogP contribution in [0.1, 0.15) is 19.8 Å². The van der Waals surface area contributed by atoms with E-state index >= 15 is 0 Å². The molecule has 0 bridgehead atoms. The second-order valence-electron chi connectivity index (χ2n) is 6.81. The first-order valence-electron chi connectivity index (χ1n) is 8.76. The number of nitrogens with one attached hydrogen (secondary N) is 1. The SMILES string of the molecule is C[C@@]12CCC(=O)N1[C@H](C(=O)Nc1cc(Cl)ccc1Oc1ccccc1)CS2. The van der Waals surface area contributed by atoms with Crippen LogP contribution in [0, 0.1) is 0 Å². The Bertz CT molecular complexity index is 892. The number of benzene rings is 2. The van der Waals surface area contributed by atoms with Crippen LogP contribution in [0.4, 0.5) is 5.69 Å². The molecule has 140 valence electrons. The van der Waals surface area contributed by atoms with Gasteiger partial charge in [0.2, 0.25) is 11.8 Å². The van der Waals surface area contributed by atoms with Crippen molar-refractivity contribution < 1.29 is 14.3 Å². The Balaban J connectivity index is 1.56. The van der Waals surface area contributed by atoms with Crippen LogP contribution in [0.25, 0.3) is 0 Å². The van der Waals surface area contributed by atoms with Crippen molar-refractivity contribution in [2.75, 3.05) is 11.1 Å². The maximum absolute atomic E-state index is 12.9. The predicted molar refractivity (Wildman–Crippen MR) is 107 cm³/mol. The van der Waals surface area contributed by atoms with Gasteiger partial charge in [-0.2, -0.15) is 0 Å². The zero-order valence-electron chi connectivity index (χ0n) is 14.8. The average molecular weight is 403 g/mol. The fourth-order valence-electron chi connectivity index (χ4n) is 3.54. The van der Waals surface area contributed by atoms with Gasteiger partial charge in [0.25, 0.3) is 0 Å². The maximum atomic E-state index is 12.9. The molecule has 2 fully saturated rings. The van der Waals surface area contributed by atoms with Gasteiger partial charge in [0.15, 0.2) is 5.75 Å². The first kappa shape index (κ1) is 18.2. The van der Waals surface area contributed by atoms with Gasteiger partial charge in [-0.1, -0.05) is 29.8 Å². The van der Waals surface area contributed by atoms with Crippen molar-refractivity contribution in [3.63, 3.8) is 0 Å². The first-order chi connectivity index (χ1) is 13.0. The molecule has 2 aliphatic rings. The Labute approximate surface area is 167 Å². The van der Waals surface area contributed by atoms with Crippen LogP contribution in [0.5, 0.6) is 11.5 Å². The number of hydrogen-bond acceptors (Lipinski definition) is 4. The van der Waals surface area contributed by atoms with E-state index in [1.165, 1.54) is 0 Å². The highest BCUT2D eigenvalue weighted by Crippen LogP contribution is 2.47. The minimum atomic E-state index is -0.487. The van der Waals surface area contributed by atoms with Crippen LogP contribution >= 0.6 is 23.4 Å². The highest BCUT2D eigenvalue weighted by Gasteiger charge is 2.52. The molecule has 2 heterocycles. The molecule has 2 aromatic rings. The number of carbonyl (C=O) groups is 2. The van der Waals surface area contributed by atoms with Gasteiger partial charge in [-0.3, -0.25) is 9.59 Å². The summed E-state index contributed by atoms with van der Waals surface area (Å²) in [5.74, 6) is 1.56. The van der Waals surface area contributed by atoms with E-state index in [-0.39, 0.29) is 16.7 Å². The smallest absolute Gasteiger partial charge is 0.248 e. The Hall–Kier alpha value is -2.18. The predicted octanol–water partition coefficient (Wildman–Crippen LogP) is 4.52. The fourth-order valence-corrected chi connectivity index (χ4v) is 5.14. The maximum Gasteiger partial charge on any atom is 0.248 e. The average Bonchev–Trinajstić information content (AvgIpc) is 3.14. The van der Waals surface area contributed by atoms with Crippen molar-refractivity contribution in [1.29, 1.82) is 0 Å². The largest absolute Gasteiger partial charge is 0.455 e. The highest BCUT2D eigenvalue weighted by atomic mass is 35.5. The molecule has 2 aliphatic heterocycles. The topological polar surface area (TPSA) is 58.6 Å². The molecule has 4 rings (SSSR count). The van der Waals surface area contributed by atoms with E-state index in [1.54, 1.807) is 34.9 Å². The normalized spacial score (nSPS) is 24.0. The monoisotopic (exact) mass is 402 g/mol. The van der Waals surface area contributed by atoms with Gasteiger partial charge in [0, 0.05) is 17.2 Å². The lowest BCUT2D eigenvalue weighted by atomic mass is 10.2. The highest BCUT2D eigenvalue weighted by molar-refractivity contribution is 8.01. The minimum Gasteiger partial charge on any atom is -0.455 e. The molecule has 5 nitrogen and oxygen atoms in total. The van der Waals surface area contributed by atoms with Crippen LogP contribution in [0.2, 0.25) is 5.02 Å². The number of amides is 2. The second kappa shape index (κ2) is 7.09. The van der Waals surface area contributed by atoms with Crippen molar-refractivity contribution in [3.8, 4) is 11.5 Å². The van der Waals surface area contributed by atoms with Crippen LogP contribution in [0.3, 0.4) is 0 Å². The third kappa shape index (κ3) is 3.51. The summed E-state index contributed by atoms with van der Waals surface area (Å²) >= 11 is 7.78. The molecular formula is C20H19ClN2O3S. The van der Waals surface area contributed by atoms with Crippen molar-refractivity contribution >= 4 is 40.9 Å². The lowest BCUT2D eigenvalue weighted by Crippen LogP contribution is -2.48. The Kier molecular flexibility index (Phi) is 4.78. The number of anilines is 1. The Morgan fingerprint density at radius 3 is 2.85 bits per heavy atom. The van der Waals surface area contributed by atoms with E-state index in [0.29, 0.717) is 34.4 Å². The fraction of sp³-hybridized carbons (Fsp3) is 0.300. The van der Waals surface area contributed by atoms with Gasteiger partial charge in [0.05, 0.1) is 10.6 Å². The molecule has 27 heavy (non-hydrogen) atoms. The number of carbonyl (C=O) groups excluding carboxylic acids is 2. The molecule has 2 atom stereocenters. The van der Waals surface area contributed by atoms with Crippen LogP contribution in [0.15, 0.2) is 48.5 Å². The zero-order chi connectivity index (χ0) is 19.0. The minimum absolute atomic E-state index is 0.0366. The summed E-state index contributed by atoms with van der Waals surface area (Å²) in [6.07, 6.45) is 1.27. The van der Waals surface area contributed by atoms with Crippen LogP contribution in [-0.4, -0.2) is 33.4 Å². The zero-order valence-corrected chi connectivity index (χ0v) is 16.3. The molecule has 0 unspecified atom stereocenters. The van der Waals surface area contributed by atoms with Crippen molar-refractivity contribution in [2.24, 2.45) is 0 Å². The molecule has 2 aromatic carbocycles. The van der Waals surface area contributed by atoms with Crippen molar-refractivity contribution in [1.82, 2.24) is 4.90 Å². The van der Waals surface area contributed by atoms with E-state index < -0.39 is 6.04 Å². The van der Waals surface area contributed by atoms with Gasteiger partial charge in [-0.05, 0) is 43.7 Å². The van der Waals surface area contributed by atoms with Gasteiger partial charge < -0.3 is 15.0 Å². The summed E-state index contributed by atoms with van der Waals surface area (Å²) in [5.41, 5.74) is 0.488. The number of para-hydroxylation sites is 1. The van der Waals surface area contributed by atoms with Crippen LogP contribution in [-0.2, 0) is 9.59 Å². The summed E-state index contributed by atoms with van der Waals surface area (Å²) in [5, 5.41) is 3.40. The Morgan fingerprint density at radius 2 is 2.07 bits per heavy atom. The third-order valence-corrected chi connectivity index (χ3v) is 6.66. The number of hydrogen-bond donors (Lipinski definition) is 1. The van der Waals surface area contributed by atoms with E-state index in [1.807, 2.05) is 37.3 Å². The van der Waals surface area contributed by atoms with Gasteiger partial charge in [-0.15, -0.1) is 11.8 Å². The third-order valence-electron chi connectivity index (χ3n) is 4.92. The molecular weight excluding hydrogens is 384 g/mol. The summed E-state index contributed by atoms with van der Waals surface area (Å²) in [6.45, 7) is 2.03. The standard InChI is InChI=1S/C20H19ClN2O3S/c1-20-10-9-18(24)23(20)16(12-27-20)19(25)22-15-11-13(21)7-8-17(15)26-14-5-3-2-4-6-14/h2-8,11,16H,9-10,12H2,1H3,(H,22,25)/t16-,20+/m0/s1. The lowest BCUT2D eigenvalue weighted by Gasteiger charge is -2.30. The molecule has 2 saturated heterocycles. The molecule has 7 heteroatoms. The van der Waals surface area contributed by atoms with E-state index in [9.17, 15) is 9.59 Å². The number of halogens is 1. The summed E-state index contributed by atoms with van der Waals surface area (Å²) < 4.78 is 5.90. The molecule has 0 aliphatic carbocycles. The number of ether oxygens (including phenoxy) is 1. The lowest BCUT2D eigenvalue weighted by molar-refractivity contribution is -0.135. The Morgan fingerprint density at radius 1 is 1.30 bits per heavy atom. The second-order valence-corrected chi connectivity index (χ2v) is 8.75. The van der Waals surface area contributed by atoms with E-state index in [0.717, 1.165) is 6.42 Å². The molecule has 0 spiro atoms. The number of rotatable bonds is 4. The molecule has 0 aromatic heterocycles. The first-order valence-corrected chi connectivity index (χ1v) is 10.1.